The Balaban J connectivity index is 1.74. The van der Waals surface area contributed by atoms with E-state index in [1.807, 2.05) is 0 Å². The third-order valence-electron chi connectivity index (χ3n) is 4.39. The van der Waals surface area contributed by atoms with E-state index in [1.54, 1.807) is 0 Å². The molecule has 98 valence electrons. The van der Waals surface area contributed by atoms with E-state index in [0.29, 0.717) is 5.41 Å². The monoisotopic (exact) mass is 309 g/mol. The first-order valence-corrected chi connectivity index (χ1v) is 7.48. The van der Waals surface area contributed by atoms with Crippen LogP contribution in [0.2, 0.25) is 0 Å². The summed E-state index contributed by atoms with van der Waals surface area (Å²) in [6.45, 7) is 8.65. The fourth-order valence-corrected chi connectivity index (χ4v) is 3.40. The molecule has 2 aliphatic heterocycles. The fourth-order valence-electron chi connectivity index (χ4n) is 3.17. The number of benzene rings is 1. The number of anilines is 1. The Morgan fingerprint density at radius 3 is 2.22 bits per heavy atom. The van der Waals surface area contributed by atoms with Gasteiger partial charge in [0, 0.05) is 41.9 Å². The van der Waals surface area contributed by atoms with Crippen molar-refractivity contribution in [3.63, 3.8) is 0 Å². The molecule has 1 spiro atoms. The molecule has 2 heterocycles. The first kappa shape index (κ1) is 12.5. The van der Waals surface area contributed by atoms with Crippen molar-refractivity contribution in [2.24, 2.45) is 5.41 Å². The van der Waals surface area contributed by atoms with E-state index < -0.39 is 0 Å². The molecule has 2 saturated heterocycles. The van der Waals surface area contributed by atoms with Gasteiger partial charge in [-0.25, -0.2) is 0 Å². The highest BCUT2D eigenvalue weighted by molar-refractivity contribution is 9.10. The Kier molecular flexibility index (Phi) is 3.15. The van der Waals surface area contributed by atoms with Crippen molar-refractivity contribution in [3.05, 3.63) is 27.7 Å². The second-order valence-electron chi connectivity index (χ2n) is 5.86. The third kappa shape index (κ3) is 2.08. The Morgan fingerprint density at radius 2 is 1.67 bits per heavy atom. The molecule has 3 heteroatoms. The number of hydrogen-bond acceptors (Lipinski definition) is 2. The molecule has 1 aromatic carbocycles. The molecular formula is C15H20BrNO. The van der Waals surface area contributed by atoms with Crippen LogP contribution in [-0.2, 0) is 4.74 Å². The van der Waals surface area contributed by atoms with Crippen LogP contribution in [0.15, 0.2) is 16.6 Å². The largest absolute Gasteiger partial charge is 0.381 e. The summed E-state index contributed by atoms with van der Waals surface area (Å²) in [7, 11) is 0. The molecule has 0 bridgehead atoms. The van der Waals surface area contributed by atoms with Gasteiger partial charge in [-0.2, -0.15) is 0 Å². The van der Waals surface area contributed by atoms with E-state index in [9.17, 15) is 0 Å². The summed E-state index contributed by atoms with van der Waals surface area (Å²) >= 11 is 3.64. The summed E-state index contributed by atoms with van der Waals surface area (Å²) in [6, 6.07) is 4.59. The molecule has 18 heavy (non-hydrogen) atoms. The lowest BCUT2D eigenvalue weighted by atomic mass is 9.73. The minimum absolute atomic E-state index is 0.549. The molecule has 0 aliphatic carbocycles. The minimum Gasteiger partial charge on any atom is -0.381 e. The summed E-state index contributed by atoms with van der Waals surface area (Å²) < 4.78 is 6.71. The number of hydrogen-bond donors (Lipinski definition) is 0. The zero-order chi connectivity index (χ0) is 12.8. The minimum atomic E-state index is 0.549. The first-order valence-electron chi connectivity index (χ1n) is 6.69. The standard InChI is InChI=1S/C15H20BrNO/c1-11-7-13(8-12(2)14(11)16)17-9-15(10-17)3-5-18-6-4-15/h7-8H,3-6,9-10H2,1-2H3. The predicted octanol–water partition coefficient (Wildman–Crippen LogP) is 3.68. The Labute approximate surface area is 117 Å². The zero-order valence-corrected chi connectivity index (χ0v) is 12.7. The van der Waals surface area contributed by atoms with Crippen molar-refractivity contribution in [1.82, 2.24) is 0 Å². The van der Waals surface area contributed by atoms with Gasteiger partial charge in [0.1, 0.15) is 0 Å². The highest BCUT2D eigenvalue weighted by Crippen LogP contribution is 2.42. The van der Waals surface area contributed by atoms with Crippen LogP contribution in [0.3, 0.4) is 0 Å². The van der Waals surface area contributed by atoms with Gasteiger partial charge in [0.25, 0.3) is 0 Å². The number of rotatable bonds is 1. The molecule has 2 nitrogen and oxygen atoms in total. The summed E-state index contributed by atoms with van der Waals surface area (Å²) in [6.07, 6.45) is 2.47. The number of aryl methyl sites for hydroxylation is 2. The van der Waals surface area contributed by atoms with Crippen molar-refractivity contribution in [3.8, 4) is 0 Å². The summed E-state index contributed by atoms with van der Waals surface area (Å²) in [4.78, 5) is 2.51. The molecule has 0 unspecified atom stereocenters. The van der Waals surface area contributed by atoms with E-state index in [0.717, 1.165) is 13.2 Å². The smallest absolute Gasteiger partial charge is 0.0472 e. The van der Waals surface area contributed by atoms with E-state index in [4.69, 9.17) is 4.74 Å². The van der Waals surface area contributed by atoms with E-state index in [-0.39, 0.29) is 0 Å². The number of nitrogens with zero attached hydrogens (tertiary/aromatic N) is 1. The highest BCUT2D eigenvalue weighted by Gasteiger charge is 2.43. The first-order chi connectivity index (χ1) is 8.60. The third-order valence-corrected chi connectivity index (χ3v) is 5.64. The SMILES string of the molecule is Cc1cc(N2CC3(CCOCC3)C2)cc(C)c1Br. The van der Waals surface area contributed by atoms with E-state index in [2.05, 4.69) is 46.8 Å². The molecular weight excluding hydrogens is 290 g/mol. The summed E-state index contributed by atoms with van der Waals surface area (Å²) in [5.41, 5.74) is 4.59. The van der Waals surface area contributed by atoms with Crippen molar-refractivity contribution in [2.45, 2.75) is 26.7 Å². The molecule has 0 amide bonds. The molecule has 3 rings (SSSR count). The molecule has 0 saturated carbocycles. The Hall–Kier alpha value is -0.540. The normalized spacial score (nSPS) is 22.1. The van der Waals surface area contributed by atoms with Gasteiger partial charge in [0.2, 0.25) is 0 Å². The molecule has 0 aromatic heterocycles. The lowest BCUT2D eigenvalue weighted by Crippen LogP contribution is -2.58. The van der Waals surface area contributed by atoms with Gasteiger partial charge < -0.3 is 9.64 Å². The van der Waals surface area contributed by atoms with Crippen LogP contribution in [0.4, 0.5) is 5.69 Å². The van der Waals surface area contributed by atoms with Crippen LogP contribution < -0.4 is 4.90 Å². The number of halogens is 1. The molecule has 2 aliphatic rings. The van der Waals surface area contributed by atoms with Crippen LogP contribution in [0.1, 0.15) is 24.0 Å². The molecule has 0 N–H and O–H groups in total. The van der Waals surface area contributed by atoms with Crippen LogP contribution in [0, 0.1) is 19.3 Å². The average Bonchev–Trinajstić information content (AvgIpc) is 2.33. The Morgan fingerprint density at radius 1 is 1.11 bits per heavy atom. The topological polar surface area (TPSA) is 12.5 Å². The van der Waals surface area contributed by atoms with Gasteiger partial charge in [0.15, 0.2) is 0 Å². The quantitative estimate of drug-likeness (QED) is 0.784. The van der Waals surface area contributed by atoms with E-state index >= 15 is 0 Å². The molecule has 1 aromatic rings. The number of ether oxygens (including phenoxy) is 1. The molecule has 0 atom stereocenters. The maximum Gasteiger partial charge on any atom is 0.0472 e. The van der Waals surface area contributed by atoms with Gasteiger partial charge in [0.05, 0.1) is 0 Å². The second kappa shape index (κ2) is 4.53. The van der Waals surface area contributed by atoms with Crippen LogP contribution in [-0.4, -0.2) is 26.3 Å². The van der Waals surface area contributed by atoms with Crippen molar-refractivity contribution in [2.75, 3.05) is 31.2 Å². The predicted molar refractivity (Wildman–Crippen MR) is 78.3 cm³/mol. The zero-order valence-electron chi connectivity index (χ0n) is 11.1. The van der Waals surface area contributed by atoms with Gasteiger partial charge in [-0.3, -0.25) is 0 Å². The average molecular weight is 310 g/mol. The van der Waals surface area contributed by atoms with Crippen LogP contribution in [0.25, 0.3) is 0 Å². The molecule has 0 radical (unpaired) electrons. The maximum atomic E-state index is 5.47. The van der Waals surface area contributed by atoms with Gasteiger partial charge in [-0.15, -0.1) is 0 Å². The Bertz CT molecular complexity index is 435. The lowest BCUT2D eigenvalue weighted by Gasteiger charge is -2.53. The lowest BCUT2D eigenvalue weighted by molar-refractivity contribution is -0.000199. The molecule has 2 fully saturated rings. The van der Waals surface area contributed by atoms with Crippen molar-refractivity contribution in [1.29, 1.82) is 0 Å². The second-order valence-corrected chi connectivity index (χ2v) is 6.65. The van der Waals surface area contributed by atoms with Crippen LogP contribution >= 0.6 is 15.9 Å². The van der Waals surface area contributed by atoms with Gasteiger partial charge >= 0.3 is 0 Å². The van der Waals surface area contributed by atoms with Crippen molar-refractivity contribution < 1.29 is 4.74 Å². The summed E-state index contributed by atoms with van der Waals surface area (Å²) in [5.74, 6) is 0. The van der Waals surface area contributed by atoms with E-state index in [1.165, 1.54) is 47.2 Å². The van der Waals surface area contributed by atoms with Crippen molar-refractivity contribution >= 4 is 21.6 Å². The fraction of sp³-hybridized carbons (Fsp3) is 0.600. The van der Waals surface area contributed by atoms with Gasteiger partial charge in [-0.1, -0.05) is 15.9 Å². The summed E-state index contributed by atoms with van der Waals surface area (Å²) in [5, 5.41) is 0. The maximum absolute atomic E-state index is 5.47. The highest BCUT2D eigenvalue weighted by atomic mass is 79.9. The van der Waals surface area contributed by atoms with Gasteiger partial charge in [-0.05, 0) is 49.9 Å². The van der Waals surface area contributed by atoms with Crippen LogP contribution in [0.5, 0.6) is 0 Å².